The van der Waals surface area contributed by atoms with E-state index in [4.69, 9.17) is 23.7 Å². The first-order chi connectivity index (χ1) is 28.7. The van der Waals surface area contributed by atoms with Crippen molar-refractivity contribution in [3.8, 4) is 11.5 Å². The van der Waals surface area contributed by atoms with Crippen LogP contribution < -0.4 is 36.1 Å². The number of rotatable bonds is 13. The van der Waals surface area contributed by atoms with Gasteiger partial charge in [0, 0.05) is 50.1 Å². The minimum absolute atomic E-state index is 0.0234. The average molecular weight is 872 g/mol. The summed E-state index contributed by atoms with van der Waals surface area (Å²) in [5, 5.41) is 25.4. The van der Waals surface area contributed by atoms with Crippen molar-refractivity contribution in [2.75, 3.05) is 33.7 Å². The van der Waals surface area contributed by atoms with Crippen molar-refractivity contribution in [2.45, 2.75) is 161 Å². The Labute approximate surface area is 365 Å². The molecule has 18 nitrogen and oxygen atoms in total. The standard InChI is InChI=1S/C44H69N7O11/c1-40(2,3)60-36(54)48-26(15-13-14-20-47-35(49-37(55)61-41(4,5)6)50-38(56)62-42(7,8)9)34(53)46-21-22-51(12)39(57)58-29-17-16-25-23-27(45-11)32-43(10)19-18-28(52)33-44(32,24-43)30(25)31(29)59-33/h16-17,26-27,32-34,45-46,53H,13-15,18-24H2,1-12H3,(H,48,54)(H2,47,49,50,55,56)/t26-,27+,32?,33?,34?,43?,44+/m0/s1. The monoisotopic (exact) mass is 872 g/mol. The van der Waals surface area contributed by atoms with Gasteiger partial charge in [-0.3, -0.25) is 25.7 Å². The zero-order chi connectivity index (χ0) is 46.0. The lowest BCUT2D eigenvalue weighted by atomic mass is 9.38. The summed E-state index contributed by atoms with van der Waals surface area (Å²) in [5.74, 6) is 0.925. The summed E-state index contributed by atoms with van der Waals surface area (Å²) in [7, 11) is 3.55. The van der Waals surface area contributed by atoms with Crippen LogP contribution in [0.3, 0.4) is 0 Å². The van der Waals surface area contributed by atoms with E-state index in [0.717, 1.165) is 30.4 Å². The van der Waals surface area contributed by atoms with Gasteiger partial charge in [0.2, 0.25) is 5.96 Å². The number of ketones is 1. The molecule has 62 heavy (non-hydrogen) atoms. The first kappa shape index (κ1) is 48.4. The van der Waals surface area contributed by atoms with Crippen molar-refractivity contribution in [3.63, 3.8) is 0 Å². The van der Waals surface area contributed by atoms with Crippen molar-refractivity contribution in [3.05, 3.63) is 23.3 Å². The van der Waals surface area contributed by atoms with Crippen LogP contribution in [0, 0.1) is 11.3 Å². The Hall–Kier alpha value is -4.68. The van der Waals surface area contributed by atoms with Crippen LogP contribution in [0.5, 0.6) is 11.5 Å². The maximum Gasteiger partial charge on any atom is 0.415 e. The van der Waals surface area contributed by atoms with Gasteiger partial charge in [-0.2, -0.15) is 0 Å². The van der Waals surface area contributed by atoms with Crippen molar-refractivity contribution >= 4 is 36.1 Å². The summed E-state index contributed by atoms with van der Waals surface area (Å²) in [4.78, 5) is 70.4. The van der Waals surface area contributed by atoms with E-state index in [1.807, 2.05) is 13.1 Å². The highest BCUT2D eigenvalue weighted by atomic mass is 16.6. The number of hydrogen-bond donors (Lipinski definition) is 6. The van der Waals surface area contributed by atoms with Gasteiger partial charge in [-0.15, -0.1) is 0 Å². The van der Waals surface area contributed by atoms with Crippen LogP contribution in [0.1, 0.15) is 119 Å². The summed E-state index contributed by atoms with van der Waals surface area (Å²) < 4.78 is 28.5. The largest absolute Gasteiger partial charge is 0.477 e. The predicted molar refractivity (Wildman–Crippen MR) is 230 cm³/mol. The van der Waals surface area contributed by atoms with Crippen LogP contribution in [0.25, 0.3) is 0 Å². The molecular weight excluding hydrogens is 803 g/mol. The van der Waals surface area contributed by atoms with E-state index in [1.54, 1.807) is 75.4 Å². The average Bonchev–Trinajstić information content (AvgIpc) is 3.39. The zero-order valence-corrected chi connectivity index (χ0v) is 38.5. The topological polar surface area (TPSA) is 227 Å². The maximum absolute atomic E-state index is 13.5. The minimum atomic E-state index is -1.24. The Morgan fingerprint density at radius 3 is 2.16 bits per heavy atom. The Kier molecular flexibility index (Phi) is 14.5. The first-order valence-electron chi connectivity index (χ1n) is 21.7. The third-order valence-electron chi connectivity index (χ3n) is 11.7. The molecule has 0 aromatic heterocycles. The number of carbonyl (C=O) groups excluding carboxylic acids is 5. The molecule has 0 radical (unpaired) electrons. The Morgan fingerprint density at radius 1 is 0.952 bits per heavy atom. The van der Waals surface area contributed by atoms with Gasteiger partial charge in [0.1, 0.15) is 23.0 Å². The molecule has 3 aliphatic carbocycles. The highest BCUT2D eigenvalue weighted by Crippen LogP contribution is 2.73. The summed E-state index contributed by atoms with van der Waals surface area (Å²) in [6, 6.07) is 3.13. The fourth-order valence-corrected chi connectivity index (χ4v) is 9.45. The van der Waals surface area contributed by atoms with Crippen molar-refractivity contribution in [1.82, 2.24) is 31.5 Å². The number of amides is 4. The number of nitrogens with zero attached hydrogens (tertiary/aromatic N) is 2. The number of aliphatic hydroxyl groups excluding tert-OH is 1. The second kappa shape index (κ2) is 18.6. The normalized spacial score (nSPS) is 24.4. The molecule has 4 amide bonds. The fourth-order valence-electron chi connectivity index (χ4n) is 9.45. The first-order valence-corrected chi connectivity index (χ1v) is 21.7. The number of aliphatic hydroxyl groups is 1. The molecule has 0 saturated heterocycles. The molecule has 1 aromatic rings. The number of likely N-dealkylation sites (N-methyl/N-ethyl adjacent to an activating group) is 2. The molecule has 1 aromatic carbocycles. The highest BCUT2D eigenvalue weighted by Gasteiger charge is 2.75. The molecule has 18 heteroatoms. The van der Waals surface area contributed by atoms with Gasteiger partial charge in [0.15, 0.2) is 23.4 Å². The van der Waals surface area contributed by atoms with Gasteiger partial charge in [0.05, 0.1) is 6.04 Å². The van der Waals surface area contributed by atoms with Crippen LogP contribution in [-0.2, 0) is 30.8 Å². The number of nitrogens with one attached hydrogen (secondary N) is 5. The zero-order valence-electron chi connectivity index (χ0n) is 38.5. The van der Waals surface area contributed by atoms with E-state index in [9.17, 15) is 29.1 Å². The molecule has 2 fully saturated rings. The number of alkyl carbamates (subject to hydrolysis) is 3. The van der Waals surface area contributed by atoms with Gasteiger partial charge >= 0.3 is 24.4 Å². The van der Waals surface area contributed by atoms with E-state index >= 15 is 0 Å². The van der Waals surface area contributed by atoms with Crippen molar-refractivity contribution in [1.29, 1.82) is 0 Å². The number of guanidine groups is 1. The molecule has 4 aliphatic rings. The van der Waals surface area contributed by atoms with Crippen molar-refractivity contribution < 1.29 is 52.8 Å². The molecule has 346 valence electrons. The smallest absolute Gasteiger partial charge is 0.415 e. The number of fused-ring (bicyclic) bond motifs is 2. The third-order valence-corrected chi connectivity index (χ3v) is 11.7. The second-order valence-corrected chi connectivity index (χ2v) is 20.3. The number of carbonyl (C=O) groups is 5. The van der Waals surface area contributed by atoms with Gasteiger partial charge in [-0.25, -0.2) is 19.2 Å². The molecular formula is C44H69N7O11. The van der Waals surface area contributed by atoms with Crippen LogP contribution >= 0.6 is 0 Å². The lowest BCUT2D eigenvalue weighted by Gasteiger charge is -2.65. The number of aliphatic imine (C=N–C) groups is 1. The van der Waals surface area contributed by atoms with E-state index in [2.05, 4.69) is 38.5 Å². The molecule has 1 heterocycles. The number of unbranched alkanes of at least 4 members (excludes halogenated alkanes) is 1. The summed E-state index contributed by atoms with van der Waals surface area (Å²) in [6.07, 6.45) is -0.706. The minimum Gasteiger partial charge on any atom is -0.477 e. The molecule has 7 atom stereocenters. The third kappa shape index (κ3) is 11.5. The number of hydrogen-bond acceptors (Lipinski definition) is 14. The lowest BCUT2D eigenvalue weighted by molar-refractivity contribution is -0.137. The van der Waals surface area contributed by atoms with E-state index in [1.165, 1.54) is 4.90 Å². The molecule has 2 saturated carbocycles. The lowest BCUT2D eigenvalue weighted by Crippen LogP contribution is -2.69. The molecule has 6 N–H and O–H groups in total. The molecule has 5 rings (SSSR count). The molecule has 2 bridgehead atoms. The van der Waals surface area contributed by atoms with Gasteiger partial charge in [-0.05, 0) is 131 Å². The predicted octanol–water partition coefficient (Wildman–Crippen LogP) is 5.03. The van der Waals surface area contributed by atoms with E-state index in [0.29, 0.717) is 25.0 Å². The molecule has 4 unspecified atom stereocenters. The van der Waals surface area contributed by atoms with E-state index in [-0.39, 0.29) is 60.9 Å². The van der Waals surface area contributed by atoms with Gasteiger partial charge in [-0.1, -0.05) is 13.0 Å². The van der Waals surface area contributed by atoms with Crippen LogP contribution in [0.4, 0.5) is 19.2 Å². The van der Waals surface area contributed by atoms with Crippen LogP contribution in [0.2, 0.25) is 0 Å². The van der Waals surface area contributed by atoms with Crippen molar-refractivity contribution in [2.24, 2.45) is 16.3 Å². The Balaban J connectivity index is 1.18. The number of benzene rings is 1. The second-order valence-electron chi connectivity index (χ2n) is 20.3. The summed E-state index contributed by atoms with van der Waals surface area (Å²) in [5.41, 5.74) is -0.662. The number of Topliss-reactive ketones (excluding diaryl/α,β-unsaturated/α-hetero) is 1. The summed E-state index contributed by atoms with van der Waals surface area (Å²) >= 11 is 0. The van der Waals surface area contributed by atoms with Gasteiger partial charge in [0.25, 0.3) is 0 Å². The SMILES string of the molecule is CN[C@@H]1Cc2ccc(OC(=O)N(C)CCNC(O)[C@H](CCCCN=C(NC(=O)OC(C)(C)C)NC(=O)OC(C)(C)C)NC(=O)OC(C)(C)C)c3c2[C@@]24CC(C)(CCC(=O)C2O3)C14. The molecule has 1 aliphatic heterocycles. The van der Waals surface area contributed by atoms with Crippen LogP contribution in [-0.4, -0.2) is 121 Å². The number of ether oxygens (including phenoxy) is 5. The van der Waals surface area contributed by atoms with Gasteiger partial charge < -0.3 is 44.3 Å². The highest BCUT2D eigenvalue weighted by molar-refractivity contribution is 6.01. The summed E-state index contributed by atoms with van der Waals surface area (Å²) in [6.45, 7) is 18.1. The Bertz CT molecular complexity index is 1850. The quantitative estimate of drug-likeness (QED) is 0.0504. The van der Waals surface area contributed by atoms with E-state index < -0.39 is 65.0 Å². The molecule has 1 spiro atoms. The fraction of sp³-hybridized carbons (Fsp3) is 0.727. The van der Waals surface area contributed by atoms with Crippen LogP contribution in [0.15, 0.2) is 17.1 Å². The maximum atomic E-state index is 13.5. The Morgan fingerprint density at radius 2 is 1.56 bits per heavy atom.